The van der Waals surface area contributed by atoms with E-state index in [-0.39, 0.29) is 6.61 Å². The average molecular weight is 177 g/mol. The highest BCUT2D eigenvalue weighted by Crippen LogP contribution is 2.18. The van der Waals surface area contributed by atoms with Crippen LogP contribution in [-0.2, 0) is 9.78 Å². The summed E-state index contributed by atoms with van der Waals surface area (Å²) >= 11 is 0. The number of hydrogen-bond donors (Lipinski definition) is 2. The van der Waals surface area contributed by atoms with Gasteiger partial charge in [0.25, 0.3) is 0 Å². The number of rotatable bonds is 6. The summed E-state index contributed by atoms with van der Waals surface area (Å²) in [6.45, 7) is 6.10. The molecule has 0 amide bonds. The van der Waals surface area contributed by atoms with Crippen molar-refractivity contribution in [1.29, 1.82) is 0 Å². The van der Waals surface area contributed by atoms with E-state index in [1.807, 2.05) is 20.8 Å². The lowest BCUT2D eigenvalue weighted by atomic mass is 9.93. The summed E-state index contributed by atoms with van der Waals surface area (Å²) in [5.41, 5.74) is 5.13. The largest absolute Gasteiger partial charge is 0.396 e. The molecular formula is C8H19NO3. The third-order valence-corrected chi connectivity index (χ3v) is 1.64. The average Bonchev–Trinajstić information content (AvgIpc) is 2.05. The molecule has 1 unspecified atom stereocenters. The fourth-order valence-corrected chi connectivity index (χ4v) is 0.425. The van der Waals surface area contributed by atoms with Crippen molar-refractivity contribution in [2.45, 2.75) is 33.4 Å². The van der Waals surface area contributed by atoms with Gasteiger partial charge in [0.2, 0.25) is 0 Å². The molecular weight excluding hydrogens is 158 g/mol. The maximum absolute atomic E-state index is 8.91. The van der Waals surface area contributed by atoms with Crippen molar-refractivity contribution in [3.8, 4) is 0 Å². The molecule has 0 aromatic carbocycles. The second kappa shape index (κ2) is 5.48. The van der Waals surface area contributed by atoms with Crippen molar-refractivity contribution in [3.63, 3.8) is 0 Å². The van der Waals surface area contributed by atoms with E-state index in [0.29, 0.717) is 6.61 Å². The molecule has 3 N–H and O–H groups in total. The van der Waals surface area contributed by atoms with E-state index >= 15 is 0 Å². The molecule has 1 atom stereocenters. The second-order valence-corrected chi connectivity index (χ2v) is 3.49. The monoisotopic (exact) mass is 177 g/mol. The topological polar surface area (TPSA) is 64.7 Å². The summed E-state index contributed by atoms with van der Waals surface area (Å²) in [4.78, 5) is 9.65. The molecule has 0 saturated heterocycles. The summed E-state index contributed by atoms with van der Waals surface area (Å²) in [5.74, 6) is 0. The Bertz CT molecular complexity index is 117. The minimum Gasteiger partial charge on any atom is -0.396 e. The lowest BCUT2D eigenvalue weighted by Gasteiger charge is -2.27. The highest BCUT2D eigenvalue weighted by Gasteiger charge is 2.27. The Morgan fingerprint density at radius 1 is 1.50 bits per heavy atom. The van der Waals surface area contributed by atoms with Crippen molar-refractivity contribution < 1.29 is 14.9 Å². The molecule has 12 heavy (non-hydrogen) atoms. The van der Waals surface area contributed by atoms with E-state index in [9.17, 15) is 0 Å². The second-order valence-electron chi connectivity index (χ2n) is 3.49. The van der Waals surface area contributed by atoms with Crippen LogP contribution in [0.25, 0.3) is 0 Å². The molecule has 74 valence electrons. The Kier molecular flexibility index (Phi) is 5.41. The summed E-state index contributed by atoms with van der Waals surface area (Å²) in [7, 11) is 0. The first-order valence-electron chi connectivity index (χ1n) is 4.19. The smallest absolute Gasteiger partial charge is 0.148 e. The van der Waals surface area contributed by atoms with E-state index < -0.39 is 11.6 Å². The van der Waals surface area contributed by atoms with Gasteiger partial charge in [0.1, 0.15) is 6.23 Å². The van der Waals surface area contributed by atoms with E-state index in [4.69, 9.17) is 20.6 Å². The van der Waals surface area contributed by atoms with Crippen LogP contribution in [0.4, 0.5) is 0 Å². The predicted molar refractivity (Wildman–Crippen MR) is 46.2 cm³/mol. The highest BCUT2D eigenvalue weighted by atomic mass is 17.2. The van der Waals surface area contributed by atoms with Gasteiger partial charge < -0.3 is 10.8 Å². The fourth-order valence-electron chi connectivity index (χ4n) is 0.425. The van der Waals surface area contributed by atoms with Crippen LogP contribution in [-0.4, -0.2) is 24.5 Å². The van der Waals surface area contributed by atoms with Crippen molar-refractivity contribution in [2.24, 2.45) is 11.1 Å². The molecule has 0 saturated carbocycles. The Balaban J connectivity index is 3.63. The predicted octanol–water partition coefficient (Wildman–Crippen LogP) is 0.648. The standard InChI is InChI=1S/C8H19NO3/c1-4-5-11-12-7(9)8(2,3)6-10/h7,10H,4-6,9H2,1-3H3. The van der Waals surface area contributed by atoms with Gasteiger partial charge in [0, 0.05) is 5.41 Å². The Labute approximate surface area is 73.6 Å². The van der Waals surface area contributed by atoms with Crippen LogP contribution in [0.15, 0.2) is 0 Å². The Morgan fingerprint density at radius 2 is 2.08 bits per heavy atom. The number of aliphatic hydroxyl groups excluding tert-OH is 1. The quantitative estimate of drug-likeness (QED) is 0.270. The normalized spacial score (nSPS) is 14.8. The molecule has 0 fully saturated rings. The van der Waals surface area contributed by atoms with Gasteiger partial charge in [-0.25, -0.2) is 9.78 Å². The molecule has 0 spiro atoms. The Hall–Kier alpha value is -0.160. The van der Waals surface area contributed by atoms with Gasteiger partial charge in [-0.3, -0.25) is 0 Å². The minimum atomic E-state index is -0.589. The summed E-state index contributed by atoms with van der Waals surface area (Å²) in [6.07, 6.45) is 0.292. The third kappa shape index (κ3) is 4.01. The summed E-state index contributed by atoms with van der Waals surface area (Å²) in [6, 6.07) is 0. The van der Waals surface area contributed by atoms with Crippen molar-refractivity contribution in [1.82, 2.24) is 0 Å². The molecule has 0 bridgehead atoms. The van der Waals surface area contributed by atoms with Crippen LogP contribution in [0.2, 0.25) is 0 Å². The molecule has 0 aliphatic rings. The van der Waals surface area contributed by atoms with Gasteiger partial charge in [-0.1, -0.05) is 20.8 Å². The molecule has 4 heteroatoms. The van der Waals surface area contributed by atoms with E-state index in [1.54, 1.807) is 0 Å². The van der Waals surface area contributed by atoms with Crippen LogP contribution >= 0.6 is 0 Å². The number of aliphatic hydroxyl groups is 1. The first kappa shape index (κ1) is 11.8. The fraction of sp³-hybridized carbons (Fsp3) is 1.00. The zero-order chi connectivity index (χ0) is 9.61. The molecule has 0 aromatic rings. The molecule has 0 radical (unpaired) electrons. The maximum Gasteiger partial charge on any atom is 0.148 e. The van der Waals surface area contributed by atoms with Gasteiger partial charge in [0.15, 0.2) is 0 Å². The van der Waals surface area contributed by atoms with Crippen LogP contribution in [0.3, 0.4) is 0 Å². The van der Waals surface area contributed by atoms with Crippen molar-refractivity contribution in [2.75, 3.05) is 13.2 Å². The summed E-state index contributed by atoms with van der Waals surface area (Å²) in [5, 5.41) is 8.91. The van der Waals surface area contributed by atoms with E-state index in [0.717, 1.165) is 6.42 Å². The zero-order valence-corrected chi connectivity index (χ0v) is 8.04. The SMILES string of the molecule is CCCOOC(N)C(C)(C)CO. The molecule has 0 aromatic heterocycles. The van der Waals surface area contributed by atoms with Gasteiger partial charge in [-0.05, 0) is 6.42 Å². The molecule has 0 aliphatic heterocycles. The van der Waals surface area contributed by atoms with Gasteiger partial charge in [-0.2, -0.15) is 0 Å². The number of hydrogen-bond acceptors (Lipinski definition) is 4. The van der Waals surface area contributed by atoms with Crippen LogP contribution in [0.5, 0.6) is 0 Å². The third-order valence-electron chi connectivity index (χ3n) is 1.64. The lowest BCUT2D eigenvalue weighted by molar-refractivity contribution is -0.342. The molecule has 4 nitrogen and oxygen atoms in total. The maximum atomic E-state index is 8.91. The molecule has 0 rings (SSSR count). The Morgan fingerprint density at radius 3 is 2.50 bits per heavy atom. The van der Waals surface area contributed by atoms with Crippen LogP contribution in [0, 0.1) is 5.41 Å². The first-order valence-corrected chi connectivity index (χ1v) is 4.19. The van der Waals surface area contributed by atoms with Gasteiger partial charge in [0.05, 0.1) is 13.2 Å². The minimum absolute atomic E-state index is 0.0242. The zero-order valence-electron chi connectivity index (χ0n) is 8.04. The highest BCUT2D eigenvalue weighted by molar-refractivity contribution is 4.72. The van der Waals surface area contributed by atoms with E-state index in [2.05, 4.69) is 0 Å². The molecule has 0 heterocycles. The van der Waals surface area contributed by atoms with Crippen molar-refractivity contribution >= 4 is 0 Å². The van der Waals surface area contributed by atoms with Crippen molar-refractivity contribution in [3.05, 3.63) is 0 Å². The van der Waals surface area contributed by atoms with Gasteiger partial charge >= 0.3 is 0 Å². The van der Waals surface area contributed by atoms with E-state index in [1.165, 1.54) is 0 Å². The summed E-state index contributed by atoms with van der Waals surface area (Å²) < 4.78 is 0. The van der Waals surface area contributed by atoms with Gasteiger partial charge in [-0.15, -0.1) is 0 Å². The first-order chi connectivity index (χ1) is 5.54. The van der Waals surface area contributed by atoms with Crippen LogP contribution in [0.1, 0.15) is 27.2 Å². The lowest BCUT2D eigenvalue weighted by Crippen LogP contribution is -2.42. The number of nitrogens with two attached hydrogens (primary N) is 1. The van der Waals surface area contributed by atoms with Crippen LogP contribution < -0.4 is 5.73 Å². The molecule has 0 aliphatic carbocycles.